The number of piperidine rings is 1. The molecule has 1 saturated heterocycles. The number of amides is 1. The zero-order valence-electron chi connectivity index (χ0n) is 23.6. The van der Waals surface area contributed by atoms with Crippen molar-refractivity contribution in [3.8, 4) is 5.75 Å². The van der Waals surface area contributed by atoms with E-state index >= 15 is 0 Å². The smallest absolute Gasteiger partial charge is 0.303 e. The van der Waals surface area contributed by atoms with Crippen molar-refractivity contribution in [2.45, 2.75) is 62.3 Å². The van der Waals surface area contributed by atoms with E-state index in [1.165, 1.54) is 18.1 Å². The van der Waals surface area contributed by atoms with Crippen molar-refractivity contribution in [1.82, 2.24) is 9.80 Å². The summed E-state index contributed by atoms with van der Waals surface area (Å²) in [5, 5.41) is 0. The molecular weight excluding hydrogens is 516 g/mol. The molecule has 1 unspecified atom stereocenters. The lowest BCUT2D eigenvalue weighted by molar-refractivity contribution is -0.150. The van der Waals surface area contributed by atoms with Crippen LogP contribution in [0.2, 0.25) is 0 Å². The maximum absolute atomic E-state index is 13.3. The van der Waals surface area contributed by atoms with Crippen molar-refractivity contribution in [2.24, 2.45) is 5.92 Å². The second-order valence-corrected chi connectivity index (χ2v) is 12.0. The fraction of sp³-hybridized carbons (Fsp3) is 0.412. The number of likely N-dealkylation sites (tertiary alicyclic amines) is 1. The van der Waals surface area contributed by atoms with Crippen molar-refractivity contribution in [3.05, 3.63) is 95.5 Å². The molecule has 2 fully saturated rings. The highest BCUT2D eigenvalue weighted by Crippen LogP contribution is 2.62. The van der Waals surface area contributed by atoms with Crippen LogP contribution in [0, 0.1) is 5.92 Å². The van der Waals surface area contributed by atoms with Crippen molar-refractivity contribution in [1.29, 1.82) is 0 Å². The second kappa shape index (κ2) is 10.2. The Balaban J connectivity index is 1.19. The first kappa shape index (κ1) is 26.1. The van der Waals surface area contributed by atoms with Gasteiger partial charge in [0.1, 0.15) is 18.0 Å². The summed E-state index contributed by atoms with van der Waals surface area (Å²) < 4.78 is 17.8. The maximum Gasteiger partial charge on any atom is 0.303 e. The molecule has 2 aromatic carbocycles. The van der Waals surface area contributed by atoms with Crippen LogP contribution >= 0.6 is 0 Å². The topological polar surface area (TPSA) is 72.2 Å². The fourth-order valence-corrected chi connectivity index (χ4v) is 8.30. The summed E-state index contributed by atoms with van der Waals surface area (Å²) in [5.74, 6) is 1.12. The molecule has 1 amide bonds. The van der Waals surface area contributed by atoms with Crippen LogP contribution in [0.5, 0.6) is 5.75 Å². The molecule has 7 rings (SSSR count). The Morgan fingerprint density at radius 2 is 2.00 bits per heavy atom. The molecule has 0 radical (unpaired) electrons. The average Bonchev–Trinajstić information content (AvgIpc) is 3.62. The number of likely N-dealkylation sites (N-methyl/N-ethyl adjacent to an activating group) is 1. The molecule has 1 aromatic heterocycles. The molecule has 3 heterocycles. The van der Waals surface area contributed by atoms with Crippen molar-refractivity contribution >= 4 is 18.0 Å². The van der Waals surface area contributed by atoms with Crippen LogP contribution in [0.3, 0.4) is 0 Å². The first-order valence-corrected chi connectivity index (χ1v) is 14.7. The van der Waals surface area contributed by atoms with Crippen molar-refractivity contribution in [2.75, 3.05) is 20.1 Å². The minimum Gasteiger partial charge on any atom is -0.487 e. The van der Waals surface area contributed by atoms with E-state index in [1.54, 1.807) is 24.7 Å². The van der Waals surface area contributed by atoms with E-state index < -0.39 is 0 Å². The molecule has 4 aliphatic rings. The summed E-state index contributed by atoms with van der Waals surface area (Å²) in [6.07, 6.45) is 10.1. The fourth-order valence-electron chi connectivity index (χ4n) is 8.30. The van der Waals surface area contributed by atoms with E-state index in [4.69, 9.17) is 13.9 Å². The summed E-state index contributed by atoms with van der Waals surface area (Å²) in [4.78, 5) is 29.9. The minimum atomic E-state index is -0.312. The monoisotopic (exact) mass is 552 g/mol. The van der Waals surface area contributed by atoms with Gasteiger partial charge in [-0.2, -0.15) is 0 Å². The van der Waals surface area contributed by atoms with Gasteiger partial charge in [0, 0.05) is 49.2 Å². The van der Waals surface area contributed by atoms with Crippen LogP contribution in [-0.2, 0) is 26.2 Å². The molecule has 1 spiro atoms. The van der Waals surface area contributed by atoms with Gasteiger partial charge in [-0.3, -0.25) is 14.5 Å². The molecule has 0 N–H and O–H groups in total. The van der Waals surface area contributed by atoms with E-state index in [-0.39, 0.29) is 35.5 Å². The number of hydrogen-bond donors (Lipinski definition) is 0. The van der Waals surface area contributed by atoms with Gasteiger partial charge >= 0.3 is 5.97 Å². The highest BCUT2D eigenvalue weighted by Gasteiger charge is 2.66. The predicted octanol–water partition coefficient (Wildman–Crippen LogP) is 5.16. The molecule has 1 saturated carbocycles. The third kappa shape index (κ3) is 4.29. The molecule has 2 aliphatic carbocycles. The molecule has 7 heteroatoms. The third-order valence-corrected chi connectivity index (χ3v) is 9.99. The van der Waals surface area contributed by atoms with Crippen molar-refractivity contribution in [3.63, 3.8) is 0 Å². The van der Waals surface area contributed by atoms with Gasteiger partial charge in [-0.25, -0.2) is 0 Å². The molecule has 2 bridgehead atoms. The van der Waals surface area contributed by atoms with Gasteiger partial charge in [-0.1, -0.05) is 42.5 Å². The Bertz CT molecular complexity index is 1470. The third-order valence-electron chi connectivity index (χ3n) is 9.99. The lowest BCUT2D eigenvalue weighted by Gasteiger charge is -2.60. The van der Waals surface area contributed by atoms with Gasteiger partial charge in [0.25, 0.3) is 0 Å². The number of esters is 1. The number of benzene rings is 2. The first-order chi connectivity index (χ1) is 20.0. The van der Waals surface area contributed by atoms with Crippen LogP contribution < -0.4 is 4.74 Å². The van der Waals surface area contributed by atoms with Crippen LogP contribution in [-0.4, -0.2) is 60.0 Å². The Labute approximate surface area is 240 Å². The zero-order valence-corrected chi connectivity index (χ0v) is 23.6. The molecular formula is C34H36N2O5. The van der Waals surface area contributed by atoms with Crippen LogP contribution in [0.1, 0.15) is 54.5 Å². The van der Waals surface area contributed by atoms with E-state index in [9.17, 15) is 9.59 Å². The van der Waals surface area contributed by atoms with Gasteiger partial charge in [-0.05, 0) is 67.5 Å². The normalized spacial score (nSPS) is 28.5. The number of ether oxygens (including phenoxy) is 2. The number of furan rings is 1. The largest absolute Gasteiger partial charge is 0.487 e. The zero-order chi connectivity index (χ0) is 28.1. The van der Waals surface area contributed by atoms with E-state index in [0.717, 1.165) is 49.1 Å². The molecule has 2 aliphatic heterocycles. The van der Waals surface area contributed by atoms with Gasteiger partial charge in [0.05, 0.1) is 18.6 Å². The Hall–Kier alpha value is -3.84. The SMILES string of the molecule is CC(=O)OC(CN1CC[C@]23c4c5cccc4O[C@H]2[C@H](N(C)C(=O)C=Cc2ccoc2)CC[C@H]3[C@H]1C5)c1ccccc1. The molecule has 7 nitrogen and oxygen atoms in total. The lowest BCUT2D eigenvalue weighted by Crippen LogP contribution is -2.69. The standard InChI is InChI=1S/C34H36N2O5/c1-22(37)40-30(24-7-4-3-5-8-24)20-36-17-16-34-26-12-13-27(35(2)31(38)14-11-23-15-18-39-21-23)33(34)41-29-10-6-9-25(32(29)34)19-28(26)36/h3-11,14-15,18,21,26-28,30,33H,12-13,16-17,19-20H2,1-2H3/t26-,27+,28+,30?,33-,34-/m0/s1. The number of hydrogen-bond acceptors (Lipinski definition) is 6. The summed E-state index contributed by atoms with van der Waals surface area (Å²) in [7, 11) is 1.91. The summed E-state index contributed by atoms with van der Waals surface area (Å²) in [6, 6.07) is 18.7. The lowest BCUT2D eigenvalue weighted by atomic mass is 9.51. The van der Waals surface area contributed by atoms with Crippen LogP contribution in [0.4, 0.5) is 0 Å². The molecule has 41 heavy (non-hydrogen) atoms. The van der Waals surface area contributed by atoms with Gasteiger partial charge in [0.15, 0.2) is 0 Å². The Kier molecular flexibility index (Phi) is 6.50. The van der Waals surface area contributed by atoms with Gasteiger partial charge in [0.2, 0.25) is 5.91 Å². The summed E-state index contributed by atoms with van der Waals surface area (Å²) in [5.41, 5.74) is 4.50. The molecule has 212 valence electrons. The quantitative estimate of drug-likeness (QED) is 0.298. The molecule has 3 aromatic rings. The Morgan fingerprint density at radius 3 is 2.78 bits per heavy atom. The van der Waals surface area contributed by atoms with Crippen molar-refractivity contribution < 1.29 is 23.5 Å². The summed E-state index contributed by atoms with van der Waals surface area (Å²) in [6.45, 7) is 3.05. The minimum absolute atomic E-state index is 0.0172. The van der Waals surface area contributed by atoms with E-state index in [0.29, 0.717) is 18.5 Å². The maximum atomic E-state index is 13.3. The molecule has 6 atom stereocenters. The van der Waals surface area contributed by atoms with Gasteiger partial charge < -0.3 is 18.8 Å². The van der Waals surface area contributed by atoms with Gasteiger partial charge in [-0.15, -0.1) is 0 Å². The predicted molar refractivity (Wildman–Crippen MR) is 154 cm³/mol. The Morgan fingerprint density at radius 1 is 1.15 bits per heavy atom. The summed E-state index contributed by atoms with van der Waals surface area (Å²) >= 11 is 0. The van der Waals surface area contributed by atoms with Crippen LogP contribution in [0.15, 0.2) is 77.6 Å². The number of carbonyl (C=O) groups excluding carboxylic acids is 2. The number of carbonyl (C=O) groups is 2. The number of nitrogens with zero attached hydrogens (tertiary/aromatic N) is 2. The average molecular weight is 553 g/mol. The first-order valence-electron chi connectivity index (χ1n) is 14.7. The number of rotatable bonds is 7. The van der Waals surface area contributed by atoms with E-state index in [1.807, 2.05) is 48.3 Å². The second-order valence-electron chi connectivity index (χ2n) is 12.0. The highest BCUT2D eigenvalue weighted by molar-refractivity contribution is 5.91. The van der Waals surface area contributed by atoms with E-state index in [2.05, 4.69) is 23.1 Å². The van der Waals surface area contributed by atoms with Crippen LogP contribution in [0.25, 0.3) is 6.08 Å². The highest BCUT2D eigenvalue weighted by atomic mass is 16.5.